The third-order valence-electron chi connectivity index (χ3n) is 2.76. The van der Waals surface area contributed by atoms with Crippen molar-refractivity contribution in [2.75, 3.05) is 11.9 Å². The normalized spacial score (nSPS) is 11.9. The van der Waals surface area contributed by atoms with Crippen LogP contribution in [0.3, 0.4) is 0 Å². The Balaban J connectivity index is 2.06. The SMILES string of the molecule is CCNc1cncc(C(=O)NC(C)c2ccc(C)s2)n1. The Labute approximate surface area is 122 Å². The average molecular weight is 290 g/mol. The molecule has 2 rings (SSSR count). The molecule has 0 spiro atoms. The molecule has 2 heterocycles. The van der Waals surface area contributed by atoms with E-state index in [0.29, 0.717) is 11.5 Å². The summed E-state index contributed by atoms with van der Waals surface area (Å²) in [5.74, 6) is 0.399. The number of anilines is 1. The van der Waals surface area contributed by atoms with Crippen LogP contribution in [0.15, 0.2) is 24.5 Å². The number of rotatable bonds is 5. The van der Waals surface area contributed by atoms with Gasteiger partial charge in [0.2, 0.25) is 0 Å². The number of carbonyl (C=O) groups excluding carboxylic acids is 1. The largest absolute Gasteiger partial charge is 0.369 e. The monoisotopic (exact) mass is 290 g/mol. The molecule has 0 fully saturated rings. The van der Waals surface area contributed by atoms with Gasteiger partial charge in [-0.15, -0.1) is 11.3 Å². The molecule has 0 aliphatic carbocycles. The first-order chi connectivity index (χ1) is 9.60. The predicted octanol–water partition coefficient (Wildman–Crippen LogP) is 2.77. The van der Waals surface area contributed by atoms with Gasteiger partial charge in [-0.25, -0.2) is 4.98 Å². The fraction of sp³-hybridized carbons (Fsp3) is 0.357. The Kier molecular flexibility index (Phi) is 4.68. The van der Waals surface area contributed by atoms with Crippen LogP contribution in [0.2, 0.25) is 0 Å². The number of nitrogens with one attached hydrogen (secondary N) is 2. The molecule has 106 valence electrons. The van der Waals surface area contributed by atoms with Crippen LogP contribution in [0, 0.1) is 6.92 Å². The molecule has 2 aromatic rings. The van der Waals surface area contributed by atoms with Crippen molar-refractivity contribution >= 4 is 23.1 Å². The molecular formula is C14H18N4OS. The van der Waals surface area contributed by atoms with Gasteiger partial charge in [-0.3, -0.25) is 9.78 Å². The van der Waals surface area contributed by atoms with E-state index in [2.05, 4.69) is 20.6 Å². The standard InChI is InChI=1S/C14H18N4OS/c1-4-16-13-8-15-7-11(18-13)14(19)17-10(3)12-6-5-9(2)20-12/h5-8,10H,4H2,1-3H3,(H,16,18)(H,17,19). The minimum atomic E-state index is -0.212. The Morgan fingerprint density at radius 1 is 1.40 bits per heavy atom. The zero-order chi connectivity index (χ0) is 14.5. The van der Waals surface area contributed by atoms with E-state index in [4.69, 9.17) is 0 Å². The maximum absolute atomic E-state index is 12.2. The first-order valence-corrected chi connectivity index (χ1v) is 7.35. The van der Waals surface area contributed by atoms with Gasteiger partial charge >= 0.3 is 0 Å². The molecule has 1 atom stereocenters. The highest BCUT2D eigenvalue weighted by molar-refractivity contribution is 7.12. The number of nitrogens with zero attached hydrogens (tertiary/aromatic N) is 2. The number of aromatic nitrogens is 2. The molecule has 5 nitrogen and oxygen atoms in total. The summed E-state index contributed by atoms with van der Waals surface area (Å²) in [5, 5.41) is 5.98. The Morgan fingerprint density at radius 2 is 2.20 bits per heavy atom. The van der Waals surface area contributed by atoms with Gasteiger partial charge in [-0.1, -0.05) is 0 Å². The number of amides is 1. The molecule has 1 unspecified atom stereocenters. The molecule has 20 heavy (non-hydrogen) atoms. The zero-order valence-electron chi connectivity index (χ0n) is 11.8. The van der Waals surface area contributed by atoms with E-state index in [-0.39, 0.29) is 11.9 Å². The van der Waals surface area contributed by atoms with Gasteiger partial charge in [0, 0.05) is 16.3 Å². The van der Waals surface area contributed by atoms with E-state index >= 15 is 0 Å². The summed E-state index contributed by atoms with van der Waals surface area (Å²) in [5.41, 5.74) is 0.323. The topological polar surface area (TPSA) is 66.9 Å². The van der Waals surface area contributed by atoms with Crippen molar-refractivity contribution in [2.45, 2.75) is 26.8 Å². The summed E-state index contributed by atoms with van der Waals surface area (Å²) < 4.78 is 0. The average Bonchev–Trinajstić information content (AvgIpc) is 2.86. The third kappa shape index (κ3) is 3.54. The van der Waals surface area contributed by atoms with Gasteiger partial charge in [0.15, 0.2) is 0 Å². The number of hydrogen-bond acceptors (Lipinski definition) is 5. The van der Waals surface area contributed by atoms with Crippen LogP contribution in [0.4, 0.5) is 5.82 Å². The maximum Gasteiger partial charge on any atom is 0.272 e. The molecule has 0 aliphatic heterocycles. The molecule has 0 aromatic carbocycles. The molecule has 6 heteroatoms. The van der Waals surface area contributed by atoms with Crippen LogP contribution in [0.5, 0.6) is 0 Å². The number of thiophene rings is 1. The van der Waals surface area contributed by atoms with E-state index in [0.717, 1.165) is 11.4 Å². The van der Waals surface area contributed by atoms with Crippen LogP contribution in [0.25, 0.3) is 0 Å². The van der Waals surface area contributed by atoms with Gasteiger partial charge < -0.3 is 10.6 Å². The molecule has 2 N–H and O–H groups in total. The van der Waals surface area contributed by atoms with Crippen LogP contribution in [0.1, 0.15) is 40.1 Å². The molecule has 0 aliphatic rings. The van der Waals surface area contributed by atoms with E-state index in [9.17, 15) is 4.79 Å². The van der Waals surface area contributed by atoms with E-state index in [1.54, 1.807) is 17.5 Å². The van der Waals surface area contributed by atoms with Crippen molar-refractivity contribution in [3.63, 3.8) is 0 Å². The lowest BCUT2D eigenvalue weighted by atomic mass is 10.2. The molecular weight excluding hydrogens is 272 g/mol. The first-order valence-electron chi connectivity index (χ1n) is 6.53. The van der Waals surface area contributed by atoms with Crippen molar-refractivity contribution in [1.82, 2.24) is 15.3 Å². The van der Waals surface area contributed by atoms with Gasteiger partial charge in [-0.05, 0) is 32.9 Å². The first kappa shape index (κ1) is 14.5. The van der Waals surface area contributed by atoms with Gasteiger partial charge in [-0.2, -0.15) is 0 Å². The Hall–Kier alpha value is -1.95. The number of carbonyl (C=O) groups is 1. The number of aryl methyl sites for hydroxylation is 1. The van der Waals surface area contributed by atoms with Gasteiger partial charge in [0.05, 0.1) is 18.4 Å². The van der Waals surface area contributed by atoms with Crippen molar-refractivity contribution in [3.8, 4) is 0 Å². The summed E-state index contributed by atoms with van der Waals surface area (Å²) in [7, 11) is 0. The van der Waals surface area contributed by atoms with Gasteiger partial charge in [0.1, 0.15) is 11.5 Å². The summed E-state index contributed by atoms with van der Waals surface area (Å²) in [6, 6.07) is 4.05. The lowest BCUT2D eigenvalue weighted by Gasteiger charge is -2.12. The van der Waals surface area contributed by atoms with Crippen LogP contribution >= 0.6 is 11.3 Å². The molecule has 1 amide bonds. The second-order valence-corrected chi connectivity index (χ2v) is 5.78. The molecule has 2 aromatic heterocycles. The lowest BCUT2D eigenvalue weighted by molar-refractivity contribution is 0.0935. The highest BCUT2D eigenvalue weighted by atomic mass is 32.1. The highest BCUT2D eigenvalue weighted by Gasteiger charge is 2.14. The summed E-state index contributed by atoms with van der Waals surface area (Å²) >= 11 is 1.68. The van der Waals surface area contributed by atoms with Crippen LogP contribution < -0.4 is 10.6 Å². The highest BCUT2D eigenvalue weighted by Crippen LogP contribution is 2.22. The minimum Gasteiger partial charge on any atom is -0.369 e. The quantitative estimate of drug-likeness (QED) is 0.888. The van der Waals surface area contributed by atoms with Crippen LogP contribution in [-0.2, 0) is 0 Å². The lowest BCUT2D eigenvalue weighted by Crippen LogP contribution is -2.27. The van der Waals surface area contributed by atoms with E-state index < -0.39 is 0 Å². The van der Waals surface area contributed by atoms with Gasteiger partial charge in [0.25, 0.3) is 5.91 Å². The summed E-state index contributed by atoms with van der Waals surface area (Å²) in [4.78, 5) is 22.8. The van der Waals surface area contributed by atoms with Crippen molar-refractivity contribution in [1.29, 1.82) is 0 Å². The fourth-order valence-electron chi connectivity index (χ4n) is 1.77. The van der Waals surface area contributed by atoms with Crippen molar-refractivity contribution in [2.24, 2.45) is 0 Å². The number of hydrogen-bond donors (Lipinski definition) is 2. The molecule has 0 saturated carbocycles. The second kappa shape index (κ2) is 6.47. The predicted molar refractivity (Wildman–Crippen MR) is 81.1 cm³/mol. The van der Waals surface area contributed by atoms with Crippen LogP contribution in [-0.4, -0.2) is 22.4 Å². The Morgan fingerprint density at radius 3 is 2.85 bits per heavy atom. The maximum atomic E-state index is 12.2. The smallest absolute Gasteiger partial charge is 0.272 e. The third-order valence-corrected chi connectivity index (χ3v) is 3.94. The molecule has 0 radical (unpaired) electrons. The molecule has 0 bridgehead atoms. The molecule has 0 saturated heterocycles. The van der Waals surface area contributed by atoms with E-state index in [1.165, 1.54) is 11.1 Å². The van der Waals surface area contributed by atoms with Crippen molar-refractivity contribution < 1.29 is 4.79 Å². The minimum absolute atomic E-state index is 0.0363. The van der Waals surface area contributed by atoms with Crippen molar-refractivity contribution in [3.05, 3.63) is 40.0 Å². The fourth-order valence-corrected chi connectivity index (χ4v) is 2.65. The zero-order valence-corrected chi connectivity index (χ0v) is 12.6. The summed E-state index contributed by atoms with van der Waals surface area (Å²) in [6.45, 7) is 6.72. The summed E-state index contributed by atoms with van der Waals surface area (Å²) in [6.07, 6.45) is 3.08. The Bertz CT molecular complexity index is 596. The van der Waals surface area contributed by atoms with E-state index in [1.807, 2.05) is 32.9 Å². The second-order valence-electron chi connectivity index (χ2n) is 4.46.